The second kappa shape index (κ2) is 9.44. The van der Waals surface area contributed by atoms with Gasteiger partial charge in [-0.2, -0.15) is 8.78 Å². The van der Waals surface area contributed by atoms with Gasteiger partial charge in [-0.15, -0.1) is 0 Å². The van der Waals surface area contributed by atoms with Crippen LogP contribution in [0, 0.1) is 10.1 Å². The van der Waals surface area contributed by atoms with Crippen LogP contribution in [0.1, 0.15) is 17.3 Å². The maximum Gasteiger partial charge on any atom is 0.387 e. The van der Waals surface area contributed by atoms with Crippen molar-refractivity contribution in [2.45, 2.75) is 19.6 Å². The van der Waals surface area contributed by atoms with E-state index in [1.54, 1.807) is 0 Å². The van der Waals surface area contributed by atoms with Crippen molar-refractivity contribution in [2.75, 3.05) is 12.4 Å². The number of amides is 1. The molecule has 0 unspecified atom stereocenters. The summed E-state index contributed by atoms with van der Waals surface area (Å²) in [6.45, 7) is -1.70. The summed E-state index contributed by atoms with van der Waals surface area (Å²) >= 11 is 0. The predicted molar refractivity (Wildman–Crippen MR) is 96.2 cm³/mol. The average molecular weight is 410 g/mol. The van der Waals surface area contributed by atoms with Crippen LogP contribution in [0.4, 0.5) is 20.2 Å². The molecule has 2 rings (SSSR count). The van der Waals surface area contributed by atoms with E-state index in [9.17, 15) is 28.5 Å². The lowest BCUT2D eigenvalue weighted by molar-refractivity contribution is -0.384. The molecule has 1 atom stereocenters. The van der Waals surface area contributed by atoms with Crippen molar-refractivity contribution in [1.82, 2.24) is 0 Å². The van der Waals surface area contributed by atoms with Crippen molar-refractivity contribution in [1.29, 1.82) is 0 Å². The molecule has 2 aromatic carbocycles. The van der Waals surface area contributed by atoms with Gasteiger partial charge >= 0.3 is 12.6 Å². The van der Waals surface area contributed by atoms with E-state index in [0.29, 0.717) is 0 Å². The summed E-state index contributed by atoms with van der Waals surface area (Å²) in [5.74, 6) is -1.59. The quantitative estimate of drug-likeness (QED) is 0.403. The number of rotatable bonds is 8. The van der Waals surface area contributed by atoms with Crippen molar-refractivity contribution in [3.8, 4) is 11.5 Å². The molecule has 1 amide bonds. The molecule has 11 heteroatoms. The second-order valence-corrected chi connectivity index (χ2v) is 5.58. The molecule has 0 bridgehead atoms. The molecule has 0 aromatic heterocycles. The predicted octanol–water partition coefficient (Wildman–Crippen LogP) is 3.39. The van der Waals surface area contributed by atoms with E-state index in [1.807, 2.05) is 0 Å². The molecule has 0 fully saturated rings. The number of benzene rings is 2. The number of halogens is 2. The smallest absolute Gasteiger partial charge is 0.387 e. The molecule has 154 valence electrons. The number of nitrogens with one attached hydrogen (secondary N) is 1. The summed E-state index contributed by atoms with van der Waals surface area (Å²) in [5.41, 5.74) is -0.223. The zero-order chi connectivity index (χ0) is 21.6. The van der Waals surface area contributed by atoms with Gasteiger partial charge in [0, 0.05) is 12.1 Å². The first-order chi connectivity index (χ1) is 13.7. The van der Waals surface area contributed by atoms with Gasteiger partial charge < -0.3 is 19.5 Å². The number of ether oxygens (including phenoxy) is 3. The van der Waals surface area contributed by atoms with Gasteiger partial charge in [-0.3, -0.25) is 14.9 Å². The maximum absolute atomic E-state index is 12.3. The Kier molecular flexibility index (Phi) is 7.01. The minimum atomic E-state index is -3.00. The van der Waals surface area contributed by atoms with Gasteiger partial charge in [-0.25, -0.2) is 4.79 Å². The Labute approximate surface area is 163 Å². The number of carbonyl (C=O) groups excluding carboxylic acids is 2. The van der Waals surface area contributed by atoms with Crippen LogP contribution >= 0.6 is 0 Å². The third-order valence-electron chi connectivity index (χ3n) is 3.62. The molecule has 0 aliphatic carbocycles. The summed E-state index contributed by atoms with van der Waals surface area (Å²) in [6, 6.07) is 8.34. The van der Waals surface area contributed by atoms with Crippen LogP contribution < -0.4 is 14.8 Å². The molecule has 0 saturated carbocycles. The number of methoxy groups -OCH3 is 1. The number of nitro groups is 1. The highest BCUT2D eigenvalue weighted by molar-refractivity contribution is 5.98. The number of carbonyl (C=O) groups is 2. The van der Waals surface area contributed by atoms with E-state index >= 15 is 0 Å². The van der Waals surface area contributed by atoms with Crippen molar-refractivity contribution in [3.05, 3.63) is 58.1 Å². The van der Waals surface area contributed by atoms with Gasteiger partial charge in [-0.05, 0) is 37.3 Å². The van der Waals surface area contributed by atoms with Crippen molar-refractivity contribution >= 4 is 23.3 Å². The minimum absolute atomic E-state index is 0.0131. The van der Waals surface area contributed by atoms with E-state index in [1.165, 1.54) is 38.3 Å². The molecule has 0 radical (unpaired) electrons. The Hall–Kier alpha value is -3.76. The van der Waals surface area contributed by atoms with E-state index in [-0.39, 0.29) is 28.4 Å². The third-order valence-corrected chi connectivity index (χ3v) is 3.62. The first-order valence-electron chi connectivity index (χ1n) is 8.10. The van der Waals surface area contributed by atoms with Crippen molar-refractivity contribution < 1.29 is 37.5 Å². The Morgan fingerprint density at radius 1 is 1.14 bits per heavy atom. The number of alkyl halides is 2. The summed E-state index contributed by atoms with van der Waals surface area (Å²) in [7, 11) is 1.32. The zero-order valence-corrected chi connectivity index (χ0v) is 15.3. The monoisotopic (exact) mass is 410 g/mol. The molecule has 0 aliphatic heterocycles. The van der Waals surface area contributed by atoms with Crippen molar-refractivity contribution in [3.63, 3.8) is 0 Å². The third kappa shape index (κ3) is 5.86. The molecule has 0 spiro atoms. The second-order valence-electron chi connectivity index (χ2n) is 5.58. The summed E-state index contributed by atoms with van der Waals surface area (Å²) in [5, 5.41) is 13.3. The lowest BCUT2D eigenvalue weighted by atomic mass is 10.2. The first kappa shape index (κ1) is 21.5. The molecule has 9 nitrogen and oxygen atoms in total. The van der Waals surface area contributed by atoms with Gasteiger partial charge in [0.1, 0.15) is 11.5 Å². The van der Waals surface area contributed by atoms with Gasteiger partial charge in [-0.1, -0.05) is 0 Å². The highest BCUT2D eigenvalue weighted by Crippen LogP contribution is 2.29. The Morgan fingerprint density at radius 3 is 2.34 bits per heavy atom. The minimum Gasteiger partial charge on any atom is -0.495 e. The topological polar surface area (TPSA) is 117 Å². The average Bonchev–Trinajstić information content (AvgIpc) is 2.67. The van der Waals surface area contributed by atoms with Crippen molar-refractivity contribution in [2.24, 2.45) is 0 Å². The molecule has 0 aliphatic rings. The number of non-ortho nitro benzene ring substituents is 1. The maximum atomic E-state index is 12.3. The Bertz CT molecular complexity index is 904. The van der Waals surface area contributed by atoms with Crippen LogP contribution in [-0.2, 0) is 9.53 Å². The highest BCUT2D eigenvalue weighted by Gasteiger charge is 2.21. The zero-order valence-electron chi connectivity index (χ0n) is 15.3. The van der Waals surface area contributed by atoms with E-state index < -0.39 is 29.5 Å². The SMILES string of the molecule is COc1ccc([N+](=O)[O-])cc1NC(=O)[C@@H](C)OC(=O)c1ccc(OC(F)F)cc1. The molecular weight excluding hydrogens is 394 g/mol. The van der Waals surface area contributed by atoms with Crippen LogP contribution in [0.3, 0.4) is 0 Å². The highest BCUT2D eigenvalue weighted by atomic mass is 19.3. The first-order valence-corrected chi connectivity index (χ1v) is 8.10. The van der Waals surface area contributed by atoms with Crippen LogP contribution in [0.15, 0.2) is 42.5 Å². The number of nitrogens with zero attached hydrogens (tertiary/aromatic N) is 1. The molecule has 1 N–H and O–H groups in total. The number of hydrogen-bond donors (Lipinski definition) is 1. The van der Waals surface area contributed by atoms with Crippen LogP contribution in [0.2, 0.25) is 0 Å². The van der Waals surface area contributed by atoms with Gasteiger partial charge in [0.2, 0.25) is 0 Å². The molecular formula is C18H16F2N2O7. The Balaban J connectivity index is 2.04. The number of anilines is 1. The van der Waals surface area contributed by atoms with E-state index in [0.717, 1.165) is 18.2 Å². The fourth-order valence-corrected chi connectivity index (χ4v) is 2.20. The fourth-order valence-electron chi connectivity index (χ4n) is 2.20. The van der Waals surface area contributed by atoms with Gasteiger partial charge in [0.15, 0.2) is 6.10 Å². The lowest BCUT2D eigenvalue weighted by Gasteiger charge is -2.15. The molecule has 29 heavy (non-hydrogen) atoms. The largest absolute Gasteiger partial charge is 0.495 e. The van der Waals surface area contributed by atoms with Crippen LogP contribution in [0.5, 0.6) is 11.5 Å². The summed E-state index contributed by atoms with van der Waals surface area (Å²) in [4.78, 5) is 34.6. The number of esters is 1. The van der Waals surface area contributed by atoms with E-state index in [4.69, 9.17) is 9.47 Å². The fraction of sp³-hybridized carbons (Fsp3) is 0.222. The number of nitro benzene ring substituents is 1. The van der Waals surface area contributed by atoms with Gasteiger partial charge in [0.25, 0.3) is 11.6 Å². The Morgan fingerprint density at radius 2 is 1.79 bits per heavy atom. The molecule has 0 saturated heterocycles. The van der Waals surface area contributed by atoms with Crippen LogP contribution in [-0.4, -0.2) is 36.6 Å². The number of hydrogen-bond acceptors (Lipinski definition) is 7. The normalized spacial score (nSPS) is 11.5. The summed E-state index contributed by atoms with van der Waals surface area (Å²) in [6.07, 6.45) is -1.26. The summed E-state index contributed by atoms with van der Waals surface area (Å²) < 4.78 is 38.5. The molecule has 0 heterocycles. The standard InChI is InChI=1S/C18H16F2N2O7/c1-10(28-17(24)11-3-6-13(7-4-11)29-18(19)20)16(23)21-14-9-12(22(25)26)5-8-15(14)27-2/h3-10,18H,1-2H3,(H,21,23)/t10-/m1/s1. The van der Waals surface area contributed by atoms with E-state index in [2.05, 4.69) is 10.1 Å². The van der Waals surface area contributed by atoms with Gasteiger partial charge in [0.05, 0.1) is 23.3 Å². The lowest BCUT2D eigenvalue weighted by Crippen LogP contribution is -2.30. The molecule has 2 aromatic rings. The van der Waals surface area contributed by atoms with Crippen LogP contribution in [0.25, 0.3) is 0 Å².